The number of hydrogen-bond donors (Lipinski definition) is 1. The summed E-state index contributed by atoms with van der Waals surface area (Å²) in [5.41, 5.74) is 5.85. The minimum absolute atomic E-state index is 0.311. The highest BCUT2D eigenvalue weighted by Crippen LogP contribution is 2.17. The quantitative estimate of drug-likeness (QED) is 0.611. The third kappa shape index (κ3) is 2.51. The molecule has 0 radical (unpaired) electrons. The van der Waals surface area contributed by atoms with E-state index in [2.05, 4.69) is 17.7 Å². The van der Waals surface area contributed by atoms with Crippen LogP contribution in [0.25, 0.3) is 0 Å². The van der Waals surface area contributed by atoms with Crippen LogP contribution < -0.4 is 5.73 Å². The Morgan fingerprint density at radius 1 is 1.75 bits per heavy atom. The van der Waals surface area contributed by atoms with Gasteiger partial charge in [0.05, 0.1) is 6.54 Å². The molecule has 0 spiro atoms. The summed E-state index contributed by atoms with van der Waals surface area (Å²) in [5, 5.41) is 0. The Labute approximate surface area is 75.1 Å². The summed E-state index contributed by atoms with van der Waals surface area (Å²) in [6.45, 7) is 5.10. The van der Waals surface area contributed by atoms with Crippen molar-refractivity contribution in [3.8, 4) is 12.3 Å². The van der Waals surface area contributed by atoms with Gasteiger partial charge in [-0.3, -0.25) is 4.90 Å². The molecule has 0 aliphatic carbocycles. The zero-order valence-corrected chi connectivity index (χ0v) is 7.79. The second-order valence-corrected chi connectivity index (χ2v) is 3.70. The number of nitrogens with zero attached hydrogens (tertiary/aromatic N) is 1. The van der Waals surface area contributed by atoms with Crippen molar-refractivity contribution in [3.05, 3.63) is 0 Å². The van der Waals surface area contributed by atoms with Crippen molar-refractivity contribution in [1.29, 1.82) is 0 Å². The van der Waals surface area contributed by atoms with Gasteiger partial charge in [0.15, 0.2) is 0 Å². The molecule has 0 saturated carbocycles. The zero-order chi connectivity index (χ0) is 8.97. The summed E-state index contributed by atoms with van der Waals surface area (Å²) in [5.74, 6) is 3.33. The molecule has 0 aromatic rings. The first-order valence-electron chi connectivity index (χ1n) is 4.65. The Morgan fingerprint density at radius 3 is 3.08 bits per heavy atom. The van der Waals surface area contributed by atoms with Gasteiger partial charge in [-0.15, -0.1) is 6.42 Å². The average molecular weight is 166 g/mol. The summed E-state index contributed by atoms with van der Waals surface area (Å²) in [7, 11) is 0. The summed E-state index contributed by atoms with van der Waals surface area (Å²) in [6, 6.07) is 0.311. The molecule has 2 nitrogen and oxygen atoms in total. The summed E-state index contributed by atoms with van der Waals surface area (Å²) >= 11 is 0. The van der Waals surface area contributed by atoms with Gasteiger partial charge in [0.25, 0.3) is 0 Å². The molecule has 1 aliphatic rings. The highest BCUT2D eigenvalue weighted by atomic mass is 15.1. The first kappa shape index (κ1) is 9.57. The van der Waals surface area contributed by atoms with E-state index in [1.165, 1.54) is 12.8 Å². The molecule has 2 heteroatoms. The van der Waals surface area contributed by atoms with Gasteiger partial charge in [-0.05, 0) is 32.2 Å². The van der Waals surface area contributed by atoms with Crippen LogP contribution in [0.1, 0.15) is 19.8 Å². The number of hydrogen-bond acceptors (Lipinski definition) is 2. The highest BCUT2D eigenvalue weighted by molar-refractivity contribution is 4.90. The molecule has 2 N–H and O–H groups in total. The van der Waals surface area contributed by atoms with Crippen LogP contribution in [0.2, 0.25) is 0 Å². The van der Waals surface area contributed by atoms with E-state index in [-0.39, 0.29) is 0 Å². The fraction of sp³-hybridized carbons (Fsp3) is 0.800. The van der Waals surface area contributed by atoms with Crippen LogP contribution in [0, 0.1) is 18.3 Å². The molecule has 2 unspecified atom stereocenters. The molecule has 1 heterocycles. The normalized spacial score (nSPS) is 27.9. The molecular formula is C10H18N2. The van der Waals surface area contributed by atoms with Crippen LogP contribution in [0.4, 0.5) is 0 Å². The SMILES string of the molecule is C#CCN1CCCC(C(C)N)C1. The molecule has 1 fully saturated rings. The maximum absolute atomic E-state index is 5.85. The third-order valence-corrected chi connectivity index (χ3v) is 2.60. The molecule has 0 amide bonds. The lowest BCUT2D eigenvalue weighted by Crippen LogP contribution is -2.42. The lowest BCUT2D eigenvalue weighted by atomic mass is 9.92. The molecule has 1 saturated heterocycles. The van der Waals surface area contributed by atoms with Crippen LogP contribution in [0.15, 0.2) is 0 Å². The summed E-state index contributed by atoms with van der Waals surface area (Å²) in [4.78, 5) is 2.32. The van der Waals surface area contributed by atoms with Gasteiger partial charge in [0.2, 0.25) is 0 Å². The number of likely N-dealkylation sites (tertiary alicyclic amines) is 1. The van der Waals surface area contributed by atoms with Crippen molar-refractivity contribution in [3.63, 3.8) is 0 Å². The Morgan fingerprint density at radius 2 is 2.50 bits per heavy atom. The molecule has 1 aliphatic heterocycles. The molecule has 2 atom stereocenters. The predicted octanol–water partition coefficient (Wildman–Crippen LogP) is 0.679. The fourth-order valence-corrected chi connectivity index (χ4v) is 1.79. The second-order valence-electron chi connectivity index (χ2n) is 3.70. The first-order valence-corrected chi connectivity index (χ1v) is 4.65. The van der Waals surface area contributed by atoms with E-state index in [0.29, 0.717) is 12.0 Å². The Kier molecular flexibility index (Phi) is 3.58. The summed E-state index contributed by atoms with van der Waals surface area (Å²) < 4.78 is 0. The monoisotopic (exact) mass is 166 g/mol. The van der Waals surface area contributed by atoms with E-state index in [9.17, 15) is 0 Å². The smallest absolute Gasteiger partial charge is 0.0599 e. The first-order chi connectivity index (χ1) is 5.74. The van der Waals surface area contributed by atoms with Crippen LogP contribution in [-0.4, -0.2) is 30.6 Å². The van der Waals surface area contributed by atoms with Crippen LogP contribution >= 0.6 is 0 Å². The predicted molar refractivity (Wildman–Crippen MR) is 51.6 cm³/mol. The largest absolute Gasteiger partial charge is 0.328 e. The summed E-state index contributed by atoms with van der Waals surface area (Å²) in [6.07, 6.45) is 7.76. The molecule has 0 bridgehead atoms. The second kappa shape index (κ2) is 4.49. The van der Waals surface area contributed by atoms with Crippen molar-refractivity contribution < 1.29 is 0 Å². The molecular weight excluding hydrogens is 148 g/mol. The van der Waals surface area contributed by atoms with Gasteiger partial charge < -0.3 is 5.73 Å². The molecule has 0 aromatic heterocycles. The maximum Gasteiger partial charge on any atom is 0.0599 e. The number of rotatable bonds is 2. The van der Waals surface area contributed by atoms with Gasteiger partial charge in [-0.1, -0.05) is 5.92 Å². The van der Waals surface area contributed by atoms with Gasteiger partial charge in [-0.2, -0.15) is 0 Å². The van der Waals surface area contributed by atoms with Crippen molar-refractivity contribution in [1.82, 2.24) is 4.90 Å². The van der Waals surface area contributed by atoms with Crippen molar-refractivity contribution in [2.75, 3.05) is 19.6 Å². The molecule has 1 rings (SSSR count). The van der Waals surface area contributed by atoms with Gasteiger partial charge in [-0.25, -0.2) is 0 Å². The Bertz CT molecular complexity index is 169. The van der Waals surface area contributed by atoms with E-state index in [1.807, 2.05) is 0 Å². The van der Waals surface area contributed by atoms with Crippen LogP contribution in [0.5, 0.6) is 0 Å². The van der Waals surface area contributed by atoms with Gasteiger partial charge >= 0.3 is 0 Å². The third-order valence-electron chi connectivity index (χ3n) is 2.60. The zero-order valence-electron chi connectivity index (χ0n) is 7.79. The van der Waals surface area contributed by atoms with E-state index in [4.69, 9.17) is 12.2 Å². The maximum atomic E-state index is 5.85. The van der Waals surface area contributed by atoms with Crippen molar-refractivity contribution >= 4 is 0 Å². The van der Waals surface area contributed by atoms with Gasteiger partial charge in [0.1, 0.15) is 0 Å². The van der Waals surface area contributed by atoms with E-state index in [1.54, 1.807) is 0 Å². The fourth-order valence-electron chi connectivity index (χ4n) is 1.79. The molecule has 0 aromatic carbocycles. The topological polar surface area (TPSA) is 29.3 Å². The van der Waals surface area contributed by atoms with Crippen molar-refractivity contribution in [2.24, 2.45) is 11.7 Å². The van der Waals surface area contributed by atoms with Crippen LogP contribution in [0.3, 0.4) is 0 Å². The van der Waals surface area contributed by atoms with Crippen LogP contribution in [-0.2, 0) is 0 Å². The number of terminal acetylenes is 1. The van der Waals surface area contributed by atoms with Crippen molar-refractivity contribution in [2.45, 2.75) is 25.8 Å². The molecule has 68 valence electrons. The molecule has 12 heavy (non-hydrogen) atoms. The Hall–Kier alpha value is -0.520. The minimum atomic E-state index is 0.311. The lowest BCUT2D eigenvalue weighted by Gasteiger charge is -2.33. The standard InChI is InChI=1S/C10H18N2/c1-3-6-12-7-4-5-10(8-12)9(2)11/h1,9-10H,4-8,11H2,2H3. The lowest BCUT2D eigenvalue weighted by molar-refractivity contribution is 0.178. The Balaban J connectivity index is 2.36. The number of piperidine rings is 1. The average Bonchev–Trinajstić information content (AvgIpc) is 2.05. The van der Waals surface area contributed by atoms with E-state index < -0.39 is 0 Å². The van der Waals surface area contributed by atoms with E-state index >= 15 is 0 Å². The van der Waals surface area contributed by atoms with E-state index in [0.717, 1.165) is 19.6 Å². The number of nitrogens with two attached hydrogens (primary N) is 1. The van der Waals surface area contributed by atoms with Gasteiger partial charge in [0, 0.05) is 12.6 Å². The minimum Gasteiger partial charge on any atom is -0.328 e. The highest BCUT2D eigenvalue weighted by Gasteiger charge is 2.21.